The highest BCUT2D eigenvalue weighted by molar-refractivity contribution is 9.10. The van der Waals surface area contributed by atoms with Gasteiger partial charge in [-0.05, 0) is 48.0 Å². The van der Waals surface area contributed by atoms with Gasteiger partial charge >= 0.3 is 0 Å². The third kappa shape index (κ3) is 2.62. The molecule has 2 N–H and O–H groups in total. The molecule has 0 fully saturated rings. The van der Waals surface area contributed by atoms with Crippen LogP contribution in [0.15, 0.2) is 59.3 Å². The monoisotopic (exact) mass is 334 g/mol. The first-order valence-corrected chi connectivity index (χ1v) is 7.14. The molecule has 0 aliphatic carbocycles. The molecule has 3 rings (SSSR count). The summed E-state index contributed by atoms with van der Waals surface area (Å²) in [5.74, 6) is 0.125. The van der Waals surface area contributed by atoms with Gasteiger partial charge in [0.25, 0.3) is 0 Å². The fraction of sp³-hybridized carbons (Fsp3) is 0.0667. The lowest BCUT2D eigenvalue weighted by molar-refractivity contribution is 0.897. The van der Waals surface area contributed by atoms with E-state index in [1.165, 1.54) is 0 Å². The van der Waals surface area contributed by atoms with Crippen molar-refractivity contribution in [1.82, 2.24) is 9.97 Å². The molecule has 2 nitrogen and oxygen atoms in total. The molecule has 0 spiro atoms. The Morgan fingerprint density at radius 2 is 1.58 bits per heavy atom. The minimum atomic E-state index is 0.125. The van der Waals surface area contributed by atoms with Gasteiger partial charge in [0, 0.05) is 33.3 Å². The fourth-order valence-electron chi connectivity index (χ4n) is 2.32. The Morgan fingerprint density at radius 3 is 2.05 bits per heavy atom. The predicted octanol–water partition coefficient (Wildman–Crippen LogP) is 4.94. The molecule has 3 aromatic rings. The minimum Gasteiger partial charge on any atom is -0.364 e. The van der Waals surface area contributed by atoms with E-state index in [-0.39, 0.29) is 5.92 Å². The third-order valence-corrected chi connectivity index (χ3v) is 3.76. The second-order valence-electron chi connectivity index (χ2n) is 4.39. The molecule has 19 heavy (non-hydrogen) atoms. The number of nitrogens with one attached hydrogen (secondary N) is 2. The van der Waals surface area contributed by atoms with Crippen LogP contribution in [0, 0.1) is 0 Å². The normalized spacial score (nSPS) is 11.1. The van der Waals surface area contributed by atoms with Crippen molar-refractivity contribution >= 4 is 27.5 Å². The average molecular weight is 336 g/mol. The van der Waals surface area contributed by atoms with Crippen LogP contribution >= 0.6 is 27.5 Å². The van der Waals surface area contributed by atoms with Gasteiger partial charge in [-0.2, -0.15) is 0 Å². The second-order valence-corrected chi connectivity index (χ2v) is 5.74. The van der Waals surface area contributed by atoms with E-state index in [1.54, 1.807) is 0 Å². The molecule has 0 aliphatic rings. The fourth-order valence-corrected chi connectivity index (χ4v) is 3.20. The molecule has 0 unspecified atom stereocenters. The summed E-state index contributed by atoms with van der Waals surface area (Å²) in [6.07, 6.45) is 3.87. The summed E-state index contributed by atoms with van der Waals surface area (Å²) in [5.41, 5.74) is 3.41. The van der Waals surface area contributed by atoms with E-state index < -0.39 is 0 Å². The maximum Gasteiger partial charge on any atom is 0.0642 e. The highest BCUT2D eigenvalue weighted by Gasteiger charge is 2.19. The van der Waals surface area contributed by atoms with E-state index in [2.05, 4.69) is 44.1 Å². The summed E-state index contributed by atoms with van der Waals surface area (Å²) in [7, 11) is 0. The molecule has 0 amide bonds. The molecular weight excluding hydrogens is 324 g/mol. The van der Waals surface area contributed by atoms with Gasteiger partial charge in [0.1, 0.15) is 0 Å². The SMILES string of the molecule is Clc1cc(Br)cc(C(c2ccc[nH]2)c2ccc[nH]2)c1. The molecule has 2 heterocycles. The molecule has 0 bridgehead atoms. The third-order valence-electron chi connectivity index (χ3n) is 3.08. The predicted molar refractivity (Wildman–Crippen MR) is 81.7 cm³/mol. The van der Waals surface area contributed by atoms with Crippen LogP contribution in [0.1, 0.15) is 22.9 Å². The standard InChI is InChI=1S/C15H12BrClN2/c16-11-7-10(8-12(17)9-11)15(13-3-1-5-18-13)14-4-2-6-19-14/h1-9,15,18-19H. The molecule has 0 atom stereocenters. The van der Waals surface area contributed by atoms with Gasteiger partial charge in [-0.3, -0.25) is 0 Å². The van der Waals surface area contributed by atoms with Crippen LogP contribution in [-0.2, 0) is 0 Å². The Balaban J connectivity index is 2.14. The molecule has 2 aromatic heterocycles. The summed E-state index contributed by atoms with van der Waals surface area (Å²) < 4.78 is 0.984. The summed E-state index contributed by atoms with van der Waals surface area (Å²) in [4.78, 5) is 6.57. The van der Waals surface area contributed by atoms with Crippen molar-refractivity contribution in [3.05, 3.63) is 81.3 Å². The van der Waals surface area contributed by atoms with Crippen LogP contribution in [0.5, 0.6) is 0 Å². The highest BCUT2D eigenvalue weighted by atomic mass is 79.9. The van der Waals surface area contributed by atoms with Crippen LogP contribution in [0.4, 0.5) is 0 Å². The Morgan fingerprint density at radius 1 is 0.947 bits per heavy atom. The zero-order valence-corrected chi connectivity index (χ0v) is 12.4. The Kier molecular flexibility index (Phi) is 3.49. The summed E-state index contributed by atoms with van der Waals surface area (Å²) in [6, 6.07) is 14.2. The molecule has 0 saturated carbocycles. The number of benzene rings is 1. The maximum absolute atomic E-state index is 6.17. The van der Waals surface area contributed by atoms with Gasteiger partial charge in [-0.15, -0.1) is 0 Å². The van der Waals surface area contributed by atoms with E-state index in [0.717, 1.165) is 26.4 Å². The Labute approximate surface area is 124 Å². The van der Waals surface area contributed by atoms with Crippen molar-refractivity contribution in [2.45, 2.75) is 5.92 Å². The number of aromatic nitrogens is 2. The largest absolute Gasteiger partial charge is 0.364 e. The van der Waals surface area contributed by atoms with E-state index in [1.807, 2.05) is 36.7 Å². The number of rotatable bonds is 3. The molecule has 4 heteroatoms. The van der Waals surface area contributed by atoms with Crippen molar-refractivity contribution in [2.24, 2.45) is 0 Å². The van der Waals surface area contributed by atoms with Crippen molar-refractivity contribution in [3.63, 3.8) is 0 Å². The van der Waals surface area contributed by atoms with Gasteiger partial charge < -0.3 is 9.97 Å². The van der Waals surface area contributed by atoms with E-state index >= 15 is 0 Å². The number of hydrogen-bond acceptors (Lipinski definition) is 0. The summed E-state index contributed by atoms with van der Waals surface area (Å²) >= 11 is 9.67. The number of halogens is 2. The van der Waals surface area contributed by atoms with Gasteiger partial charge in [-0.25, -0.2) is 0 Å². The molecular formula is C15H12BrClN2. The quantitative estimate of drug-likeness (QED) is 0.679. The van der Waals surface area contributed by atoms with E-state index in [9.17, 15) is 0 Å². The van der Waals surface area contributed by atoms with Crippen molar-refractivity contribution in [1.29, 1.82) is 0 Å². The average Bonchev–Trinajstić information content (AvgIpc) is 3.01. The van der Waals surface area contributed by atoms with Gasteiger partial charge in [-0.1, -0.05) is 27.5 Å². The van der Waals surface area contributed by atoms with E-state index in [4.69, 9.17) is 11.6 Å². The topological polar surface area (TPSA) is 31.6 Å². The van der Waals surface area contributed by atoms with E-state index in [0.29, 0.717) is 0 Å². The number of H-pyrrole nitrogens is 2. The summed E-state index contributed by atoms with van der Waals surface area (Å²) in [5, 5.41) is 0.729. The molecule has 0 saturated heterocycles. The lowest BCUT2D eigenvalue weighted by atomic mass is 9.93. The van der Waals surface area contributed by atoms with Gasteiger partial charge in [0.15, 0.2) is 0 Å². The zero-order valence-electron chi connectivity index (χ0n) is 10.0. The first kappa shape index (κ1) is 12.6. The number of aromatic amines is 2. The summed E-state index contributed by atoms with van der Waals surface area (Å²) in [6.45, 7) is 0. The van der Waals surface area contributed by atoms with Crippen molar-refractivity contribution in [3.8, 4) is 0 Å². The lowest BCUT2D eigenvalue weighted by Crippen LogP contribution is -2.04. The van der Waals surface area contributed by atoms with Crippen LogP contribution in [0.3, 0.4) is 0 Å². The Hall–Kier alpha value is -1.45. The Bertz CT molecular complexity index is 605. The molecule has 0 radical (unpaired) electrons. The van der Waals surface area contributed by atoms with Crippen LogP contribution in [0.2, 0.25) is 5.02 Å². The molecule has 1 aromatic carbocycles. The smallest absolute Gasteiger partial charge is 0.0642 e. The van der Waals surface area contributed by atoms with Crippen LogP contribution in [-0.4, -0.2) is 9.97 Å². The first-order chi connectivity index (χ1) is 9.24. The zero-order chi connectivity index (χ0) is 13.2. The first-order valence-electron chi connectivity index (χ1n) is 5.96. The minimum absolute atomic E-state index is 0.125. The van der Waals surface area contributed by atoms with Crippen molar-refractivity contribution in [2.75, 3.05) is 0 Å². The van der Waals surface area contributed by atoms with Crippen LogP contribution in [0.25, 0.3) is 0 Å². The second kappa shape index (κ2) is 5.27. The lowest BCUT2D eigenvalue weighted by Gasteiger charge is -2.16. The molecule has 0 aliphatic heterocycles. The maximum atomic E-state index is 6.17. The van der Waals surface area contributed by atoms with Gasteiger partial charge in [0.2, 0.25) is 0 Å². The van der Waals surface area contributed by atoms with Crippen LogP contribution < -0.4 is 0 Å². The molecule has 96 valence electrons. The van der Waals surface area contributed by atoms with Gasteiger partial charge in [0.05, 0.1) is 5.92 Å². The van der Waals surface area contributed by atoms with Crippen molar-refractivity contribution < 1.29 is 0 Å². The number of hydrogen-bond donors (Lipinski definition) is 2. The highest BCUT2D eigenvalue weighted by Crippen LogP contribution is 2.33.